The van der Waals surface area contributed by atoms with Crippen LogP contribution >= 0.6 is 28.1 Å². The van der Waals surface area contributed by atoms with Crippen molar-refractivity contribution in [3.8, 4) is 0 Å². The highest BCUT2D eigenvalue weighted by Crippen LogP contribution is 2.17. The highest BCUT2D eigenvalue weighted by Gasteiger charge is 2.15. The zero-order valence-electron chi connectivity index (χ0n) is 10.4. The molecule has 0 bridgehead atoms. The van der Waals surface area contributed by atoms with Gasteiger partial charge in [0.05, 0.1) is 0 Å². The van der Waals surface area contributed by atoms with Gasteiger partial charge in [0.25, 0.3) is 5.91 Å². The average Bonchev–Trinajstić information content (AvgIpc) is 2.88. The standard InChI is InChI=1S/C13H16BrN3OS/c14-10-5-3-4-9(8-10)12(18)16-17-13(19)15-11-6-1-2-7-11/h3-5,8,11H,1-2,6-7H2,(H,16,18)(H2,15,17,19). The Balaban J connectivity index is 1.78. The molecule has 1 fully saturated rings. The Morgan fingerprint density at radius 3 is 2.68 bits per heavy atom. The third-order valence-corrected chi connectivity index (χ3v) is 3.78. The van der Waals surface area contributed by atoms with Crippen molar-refractivity contribution in [3.63, 3.8) is 0 Å². The Bertz CT molecular complexity index is 475. The van der Waals surface area contributed by atoms with E-state index < -0.39 is 0 Å². The number of nitrogens with one attached hydrogen (secondary N) is 3. The Kier molecular flexibility index (Phi) is 5.15. The molecule has 0 spiro atoms. The van der Waals surface area contributed by atoms with Gasteiger partial charge >= 0.3 is 0 Å². The minimum absolute atomic E-state index is 0.211. The summed E-state index contributed by atoms with van der Waals surface area (Å²) in [7, 11) is 0. The van der Waals surface area contributed by atoms with Gasteiger partial charge in [0.2, 0.25) is 0 Å². The largest absolute Gasteiger partial charge is 0.359 e. The second-order valence-electron chi connectivity index (χ2n) is 4.54. The van der Waals surface area contributed by atoms with Crippen molar-refractivity contribution in [2.45, 2.75) is 31.7 Å². The predicted octanol–water partition coefficient (Wildman–Crippen LogP) is 2.50. The number of thiocarbonyl (C=S) groups is 1. The van der Waals surface area contributed by atoms with Gasteiger partial charge in [-0.3, -0.25) is 15.6 Å². The Hall–Kier alpha value is -1.14. The monoisotopic (exact) mass is 341 g/mol. The molecule has 0 aromatic heterocycles. The van der Waals surface area contributed by atoms with Gasteiger partial charge in [0, 0.05) is 16.1 Å². The first-order valence-corrected chi connectivity index (χ1v) is 7.48. The highest BCUT2D eigenvalue weighted by molar-refractivity contribution is 9.10. The first kappa shape index (κ1) is 14.3. The molecule has 1 aromatic rings. The van der Waals surface area contributed by atoms with Crippen LogP contribution in [0.25, 0.3) is 0 Å². The minimum atomic E-state index is -0.211. The van der Waals surface area contributed by atoms with E-state index in [2.05, 4.69) is 32.1 Å². The summed E-state index contributed by atoms with van der Waals surface area (Å²) in [5.41, 5.74) is 5.89. The molecule has 1 saturated carbocycles. The van der Waals surface area contributed by atoms with Crippen LogP contribution in [-0.2, 0) is 0 Å². The normalized spacial score (nSPS) is 15.0. The molecule has 1 aromatic carbocycles. The topological polar surface area (TPSA) is 53.2 Å². The van der Waals surface area contributed by atoms with Crippen molar-refractivity contribution in [1.82, 2.24) is 16.2 Å². The molecule has 1 aliphatic rings. The highest BCUT2D eigenvalue weighted by atomic mass is 79.9. The lowest BCUT2D eigenvalue weighted by atomic mass is 10.2. The minimum Gasteiger partial charge on any atom is -0.359 e. The summed E-state index contributed by atoms with van der Waals surface area (Å²) in [6.07, 6.45) is 4.76. The van der Waals surface area contributed by atoms with Crippen LogP contribution in [0.5, 0.6) is 0 Å². The van der Waals surface area contributed by atoms with Gasteiger partial charge < -0.3 is 5.32 Å². The van der Waals surface area contributed by atoms with Crippen LogP contribution in [0.4, 0.5) is 0 Å². The summed E-state index contributed by atoms with van der Waals surface area (Å²) in [6.45, 7) is 0. The van der Waals surface area contributed by atoms with Gasteiger partial charge in [-0.2, -0.15) is 0 Å². The van der Waals surface area contributed by atoms with E-state index in [9.17, 15) is 4.79 Å². The average molecular weight is 342 g/mol. The number of hydrogen-bond acceptors (Lipinski definition) is 2. The fourth-order valence-electron chi connectivity index (χ4n) is 2.11. The molecule has 1 aliphatic carbocycles. The van der Waals surface area contributed by atoms with E-state index in [1.165, 1.54) is 12.8 Å². The lowest BCUT2D eigenvalue weighted by Crippen LogP contribution is -2.49. The van der Waals surface area contributed by atoms with Crippen LogP contribution < -0.4 is 16.2 Å². The fourth-order valence-corrected chi connectivity index (χ4v) is 2.72. The number of benzene rings is 1. The molecule has 4 nitrogen and oxygen atoms in total. The zero-order valence-corrected chi connectivity index (χ0v) is 12.8. The summed E-state index contributed by atoms with van der Waals surface area (Å²) in [4.78, 5) is 11.9. The SMILES string of the molecule is O=C(NNC(=S)NC1CCCC1)c1cccc(Br)c1. The van der Waals surface area contributed by atoms with Gasteiger partial charge in [-0.05, 0) is 43.3 Å². The third-order valence-electron chi connectivity index (χ3n) is 3.07. The maximum atomic E-state index is 11.9. The summed E-state index contributed by atoms with van der Waals surface area (Å²) in [5, 5.41) is 3.66. The van der Waals surface area contributed by atoms with Crippen molar-refractivity contribution in [1.29, 1.82) is 0 Å². The first-order chi connectivity index (χ1) is 9.15. The van der Waals surface area contributed by atoms with E-state index in [1.807, 2.05) is 12.1 Å². The molecule has 0 atom stereocenters. The number of amides is 1. The van der Waals surface area contributed by atoms with Crippen LogP contribution in [0.2, 0.25) is 0 Å². The quantitative estimate of drug-likeness (QED) is 0.571. The molecule has 2 rings (SSSR count). The van der Waals surface area contributed by atoms with E-state index >= 15 is 0 Å². The second kappa shape index (κ2) is 6.86. The number of carbonyl (C=O) groups excluding carboxylic acids is 1. The van der Waals surface area contributed by atoms with Crippen molar-refractivity contribution in [3.05, 3.63) is 34.3 Å². The lowest BCUT2D eigenvalue weighted by Gasteiger charge is -2.16. The van der Waals surface area contributed by atoms with Gasteiger partial charge in [0.1, 0.15) is 0 Å². The zero-order chi connectivity index (χ0) is 13.7. The number of halogens is 1. The van der Waals surface area contributed by atoms with E-state index in [4.69, 9.17) is 12.2 Å². The fraction of sp³-hybridized carbons (Fsp3) is 0.385. The van der Waals surface area contributed by atoms with Gasteiger partial charge in [0.15, 0.2) is 5.11 Å². The molecule has 0 saturated heterocycles. The first-order valence-electron chi connectivity index (χ1n) is 6.27. The van der Waals surface area contributed by atoms with Crippen LogP contribution in [0.15, 0.2) is 28.7 Å². The summed E-state index contributed by atoms with van der Waals surface area (Å²) in [6, 6.07) is 7.62. The van der Waals surface area contributed by atoms with Crippen molar-refractivity contribution in [2.75, 3.05) is 0 Å². The molecular weight excluding hydrogens is 326 g/mol. The van der Waals surface area contributed by atoms with Gasteiger partial charge in [-0.15, -0.1) is 0 Å². The lowest BCUT2D eigenvalue weighted by molar-refractivity contribution is 0.0943. The molecular formula is C13H16BrN3OS. The Morgan fingerprint density at radius 1 is 1.26 bits per heavy atom. The summed E-state index contributed by atoms with van der Waals surface area (Å²) >= 11 is 8.47. The maximum absolute atomic E-state index is 11.9. The smallest absolute Gasteiger partial charge is 0.269 e. The molecule has 3 N–H and O–H groups in total. The molecule has 19 heavy (non-hydrogen) atoms. The number of hydrogen-bond donors (Lipinski definition) is 3. The molecule has 1 amide bonds. The van der Waals surface area contributed by atoms with Crippen molar-refractivity contribution >= 4 is 39.2 Å². The third kappa shape index (κ3) is 4.47. The van der Waals surface area contributed by atoms with Gasteiger partial charge in [-0.25, -0.2) is 0 Å². The van der Waals surface area contributed by atoms with Crippen LogP contribution in [-0.4, -0.2) is 17.1 Å². The van der Waals surface area contributed by atoms with E-state index in [0.29, 0.717) is 16.7 Å². The van der Waals surface area contributed by atoms with Crippen LogP contribution in [0.1, 0.15) is 36.0 Å². The van der Waals surface area contributed by atoms with Crippen LogP contribution in [0.3, 0.4) is 0 Å². The Morgan fingerprint density at radius 2 is 2.00 bits per heavy atom. The number of rotatable bonds is 2. The summed E-state index contributed by atoms with van der Waals surface area (Å²) < 4.78 is 0.867. The van der Waals surface area contributed by atoms with Gasteiger partial charge in [-0.1, -0.05) is 34.8 Å². The Labute approximate surface area is 126 Å². The molecule has 0 heterocycles. The number of carbonyl (C=O) groups is 1. The molecule has 0 aliphatic heterocycles. The van der Waals surface area contributed by atoms with E-state index in [0.717, 1.165) is 17.3 Å². The number of hydrazine groups is 1. The molecule has 102 valence electrons. The van der Waals surface area contributed by atoms with Crippen molar-refractivity contribution < 1.29 is 4.79 Å². The molecule has 0 radical (unpaired) electrons. The van der Waals surface area contributed by atoms with Crippen LogP contribution in [0, 0.1) is 0 Å². The van der Waals surface area contributed by atoms with Crippen molar-refractivity contribution in [2.24, 2.45) is 0 Å². The molecule has 0 unspecified atom stereocenters. The van der Waals surface area contributed by atoms with E-state index in [1.54, 1.807) is 12.1 Å². The maximum Gasteiger partial charge on any atom is 0.269 e. The summed E-state index contributed by atoms with van der Waals surface area (Å²) in [5.74, 6) is -0.211. The second-order valence-corrected chi connectivity index (χ2v) is 5.87. The van der Waals surface area contributed by atoms with E-state index in [-0.39, 0.29) is 5.91 Å². The predicted molar refractivity (Wildman–Crippen MR) is 82.7 cm³/mol. The molecule has 6 heteroatoms.